The molecule has 0 atom stereocenters. The van der Waals surface area contributed by atoms with Gasteiger partial charge in [-0.25, -0.2) is 4.98 Å². The quantitative estimate of drug-likeness (QED) is 0.324. The van der Waals surface area contributed by atoms with Crippen molar-refractivity contribution < 1.29 is 4.74 Å². The molecule has 7 heteroatoms. The molecule has 0 N–H and O–H groups in total. The Kier molecular flexibility index (Phi) is 6.17. The van der Waals surface area contributed by atoms with Crippen molar-refractivity contribution >= 4 is 44.9 Å². The molecule has 3 rings (SSSR count). The summed E-state index contributed by atoms with van der Waals surface area (Å²) in [5.74, 6) is 0.866. The number of benzene rings is 1. The first kappa shape index (κ1) is 18.5. The molecule has 0 fully saturated rings. The van der Waals surface area contributed by atoms with Crippen molar-refractivity contribution in [2.24, 2.45) is 0 Å². The Labute approximate surface area is 159 Å². The number of thioether (sulfide) groups is 1. The van der Waals surface area contributed by atoms with Crippen molar-refractivity contribution in [3.05, 3.63) is 45.0 Å². The molecule has 0 radical (unpaired) electrons. The molecule has 132 valence electrons. The summed E-state index contributed by atoms with van der Waals surface area (Å²) in [6.45, 7) is 3.27. The van der Waals surface area contributed by atoms with E-state index in [1.807, 2.05) is 29.6 Å². The van der Waals surface area contributed by atoms with Gasteiger partial charge in [0.25, 0.3) is 5.56 Å². The number of halogens is 1. The van der Waals surface area contributed by atoms with Gasteiger partial charge in [-0.15, -0.1) is 11.3 Å². The summed E-state index contributed by atoms with van der Waals surface area (Å²) >= 11 is 9.42. The highest BCUT2D eigenvalue weighted by Gasteiger charge is 2.18. The molecule has 0 saturated carbocycles. The van der Waals surface area contributed by atoms with Crippen molar-refractivity contribution in [2.75, 3.05) is 19.5 Å². The topological polar surface area (TPSA) is 44.1 Å². The minimum absolute atomic E-state index is 0.00628. The molecule has 0 unspecified atom stereocenters. The molecular weight excluding hydrogens is 376 g/mol. The van der Waals surface area contributed by atoms with E-state index in [-0.39, 0.29) is 5.56 Å². The van der Waals surface area contributed by atoms with Gasteiger partial charge in [-0.3, -0.25) is 9.36 Å². The maximum atomic E-state index is 13.2. The predicted molar refractivity (Wildman–Crippen MR) is 107 cm³/mol. The average molecular weight is 395 g/mol. The summed E-state index contributed by atoms with van der Waals surface area (Å²) in [4.78, 5) is 18.7. The fourth-order valence-electron chi connectivity index (χ4n) is 2.69. The highest BCUT2D eigenvalue weighted by atomic mass is 35.5. The number of methoxy groups -OCH3 is 1. The fourth-order valence-corrected chi connectivity index (χ4v) is 4.66. The van der Waals surface area contributed by atoms with Crippen molar-refractivity contribution in [3.63, 3.8) is 0 Å². The monoisotopic (exact) mass is 394 g/mol. The van der Waals surface area contributed by atoms with Crippen LogP contribution in [0.1, 0.15) is 13.3 Å². The third-order valence-electron chi connectivity index (χ3n) is 3.83. The van der Waals surface area contributed by atoms with E-state index < -0.39 is 0 Å². The highest BCUT2D eigenvalue weighted by Crippen LogP contribution is 2.35. The summed E-state index contributed by atoms with van der Waals surface area (Å²) in [7, 11) is 1.67. The van der Waals surface area contributed by atoms with Gasteiger partial charge < -0.3 is 4.74 Å². The summed E-state index contributed by atoms with van der Waals surface area (Å²) in [6, 6.07) is 7.59. The zero-order valence-corrected chi connectivity index (χ0v) is 16.5. The Hall–Kier alpha value is -1.34. The van der Waals surface area contributed by atoms with E-state index in [4.69, 9.17) is 21.3 Å². The second-order valence-corrected chi connectivity index (χ2v) is 7.94. The van der Waals surface area contributed by atoms with Gasteiger partial charge in [0.1, 0.15) is 4.83 Å². The minimum Gasteiger partial charge on any atom is -0.385 e. The smallest absolute Gasteiger partial charge is 0.263 e. The van der Waals surface area contributed by atoms with Crippen LogP contribution in [0.4, 0.5) is 0 Å². The van der Waals surface area contributed by atoms with Gasteiger partial charge in [0.05, 0.1) is 5.39 Å². The lowest BCUT2D eigenvalue weighted by Gasteiger charge is -2.12. The first-order chi connectivity index (χ1) is 12.2. The van der Waals surface area contributed by atoms with Gasteiger partial charge in [0.15, 0.2) is 5.16 Å². The van der Waals surface area contributed by atoms with Gasteiger partial charge in [0.2, 0.25) is 0 Å². The number of nitrogens with zero attached hydrogens (tertiary/aromatic N) is 2. The molecule has 0 amide bonds. The van der Waals surface area contributed by atoms with E-state index in [2.05, 4.69) is 6.92 Å². The highest BCUT2D eigenvalue weighted by molar-refractivity contribution is 7.99. The molecule has 0 aliphatic carbocycles. The van der Waals surface area contributed by atoms with Crippen LogP contribution in [0.5, 0.6) is 0 Å². The van der Waals surface area contributed by atoms with Gasteiger partial charge in [-0.05, 0) is 18.2 Å². The van der Waals surface area contributed by atoms with Gasteiger partial charge in [-0.2, -0.15) is 0 Å². The number of thiophene rings is 1. The molecule has 0 spiro atoms. The van der Waals surface area contributed by atoms with E-state index in [0.29, 0.717) is 23.6 Å². The third-order valence-corrected chi connectivity index (χ3v) is 5.89. The summed E-state index contributed by atoms with van der Waals surface area (Å²) < 4.78 is 6.89. The summed E-state index contributed by atoms with van der Waals surface area (Å²) in [5, 5.41) is 4.03. The van der Waals surface area contributed by atoms with Crippen molar-refractivity contribution in [2.45, 2.75) is 25.0 Å². The van der Waals surface area contributed by atoms with E-state index >= 15 is 0 Å². The van der Waals surface area contributed by atoms with Crippen LogP contribution < -0.4 is 5.56 Å². The first-order valence-corrected chi connectivity index (χ1v) is 10.3. The zero-order valence-electron chi connectivity index (χ0n) is 14.1. The van der Waals surface area contributed by atoms with E-state index in [0.717, 1.165) is 33.3 Å². The molecule has 0 saturated heterocycles. The predicted octanol–water partition coefficient (Wildman–Crippen LogP) is 4.93. The number of hydrogen-bond donors (Lipinski definition) is 0. The molecule has 0 aliphatic heterocycles. The Morgan fingerprint density at radius 3 is 2.84 bits per heavy atom. The van der Waals surface area contributed by atoms with E-state index in [9.17, 15) is 4.79 Å². The molecule has 4 nitrogen and oxygen atoms in total. The summed E-state index contributed by atoms with van der Waals surface area (Å²) in [6.07, 6.45) is 0.770. The van der Waals surface area contributed by atoms with Crippen LogP contribution in [-0.4, -0.2) is 29.0 Å². The SMILES string of the molecule is CCSc1nc2scc(-c3ccccc3Cl)c2c(=O)n1CCCOC. The lowest BCUT2D eigenvalue weighted by Crippen LogP contribution is -2.24. The average Bonchev–Trinajstić information content (AvgIpc) is 3.02. The van der Waals surface area contributed by atoms with Gasteiger partial charge in [0, 0.05) is 41.8 Å². The van der Waals surface area contributed by atoms with Gasteiger partial charge >= 0.3 is 0 Å². The first-order valence-electron chi connectivity index (χ1n) is 8.06. The minimum atomic E-state index is -0.00628. The molecule has 1 aromatic carbocycles. The van der Waals surface area contributed by atoms with Crippen molar-refractivity contribution in [3.8, 4) is 11.1 Å². The maximum absolute atomic E-state index is 13.2. The Bertz CT molecular complexity index is 936. The second-order valence-electron chi connectivity index (χ2n) is 5.44. The summed E-state index contributed by atoms with van der Waals surface area (Å²) in [5.41, 5.74) is 1.72. The fraction of sp³-hybridized carbons (Fsp3) is 0.333. The molecule has 2 aromatic heterocycles. The van der Waals surface area contributed by atoms with Crippen LogP contribution in [0.15, 0.2) is 39.6 Å². The zero-order chi connectivity index (χ0) is 17.8. The van der Waals surface area contributed by atoms with Crippen molar-refractivity contribution in [1.29, 1.82) is 0 Å². The number of hydrogen-bond acceptors (Lipinski definition) is 5. The maximum Gasteiger partial charge on any atom is 0.263 e. The van der Waals surface area contributed by atoms with Crippen LogP contribution in [0, 0.1) is 0 Å². The molecule has 2 heterocycles. The van der Waals surface area contributed by atoms with Crippen LogP contribution in [-0.2, 0) is 11.3 Å². The van der Waals surface area contributed by atoms with E-state index in [1.54, 1.807) is 23.4 Å². The largest absolute Gasteiger partial charge is 0.385 e. The molecule has 0 aliphatic rings. The number of rotatable bonds is 7. The molecule has 25 heavy (non-hydrogen) atoms. The lowest BCUT2D eigenvalue weighted by atomic mass is 10.1. The molecule has 0 bridgehead atoms. The van der Waals surface area contributed by atoms with Crippen molar-refractivity contribution in [1.82, 2.24) is 9.55 Å². The lowest BCUT2D eigenvalue weighted by molar-refractivity contribution is 0.189. The standard InChI is InChI=1S/C18H19ClN2O2S2/c1-3-24-18-20-16-15(17(22)21(18)9-6-10-23-2)13(11-25-16)12-7-4-5-8-14(12)19/h4-5,7-8,11H,3,6,9-10H2,1-2H3. The number of aromatic nitrogens is 2. The van der Waals surface area contributed by atoms with Gasteiger partial charge in [-0.1, -0.05) is 48.5 Å². The third kappa shape index (κ3) is 3.77. The Balaban J connectivity index is 2.18. The molecule has 3 aromatic rings. The second kappa shape index (κ2) is 8.36. The Morgan fingerprint density at radius 1 is 1.32 bits per heavy atom. The number of fused-ring (bicyclic) bond motifs is 1. The van der Waals surface area contributed by atoms with Crippen LogP contribution in [0.25, 0.3) is 21.3 Å². The van der Waals surface area contributed by atoms with Crippen LogP contribution in [0.3, 0.4) is 0 Å². The Morgan fingerprint density at radius 2 is 2.12 bits per heavy atom. The van der Waals surface area contributed by atoms with Crippen LogP contribution in [0.2, 0.25) is 5.02 Å². The normalized spacial score (nSPS) is 11.3. The van der Waals surface area contributed by atoms with E-state index in [1.165, 1.54) is 11.3 Å². The number of ether oxygens (including phenoxy) is 1. The van der Waals surface area contributed by atoms with Crippen LogP contribution >= 0.6 is 34.7 Å². The molecular formula is C18H19ClN2O2S2.